The monoisotopic (exact) mass is 325 g/mol. The third-order valence-corrected chi connectivity index (χ3v) is 4.12. The molecule has 1 fully saturated rings. The van der Waals surface area contributed by atoms with Gasteiger partial charge >= 0.3 is 0 Å². The molecule has 0 saturated carbocycles. The van der Waals surface area contributed by atoms with Crippen LogP contribution in [0.15, 0.2) is 54.6 Å². The van der Waals surface area contributed by atoms with Crippen molar-refractivity contribution >= 4 is 5.91 Å². The van der Waals surface area contributed by atoms with Crippen LogP contribution in [0, 0.1) is 0 Å². The Morgan fingerprint density at radius 3 is 2.42 bits per heavy atom. The van der Waals surface area contributed by atoms with Crippen LogP contribution in [0.4, 0.5) is 0 Å². The summed E-state index contributed by atoms with van der Waals surface area (Å²) in [5.74, 6) is 0.597. The summed E-state index contributed by atoms with van der Waals surface area (Å²) in [6.07, 6.45) is 0. The number of piperazine rings is 1. The molecule has 5 nitrogen and oxygen atoms in total. The largest absolute Gasteiger partial charge is 0.483 e. The quantitative estimate of drug-likeness (QED) is 0.913. The van der Waals surface area contributed by atoms with E-state index >= 15 is 0 Å². The second kappa shape index (κ2) is 7.95. The molecule has 5 heteroatoms. The normalized spacial score (nSPS) is 15.9. The maximum absolute atomic E-state index is 12.1. The van der Waals surface area contributed by atoms with E-state index in [4.69, 9.17) is 4.74 Å². The Kier molecular flexibility index (Phi) is 5.46. The Hall–Kier alpha value is -2.37. The molecule has 2 aromatic rings. The first-order valence-corrected chi connectivity index (χ1v) is 8.22. The van der Waals surface area contributed by atoms with E-state index in [2.05, 4.69) is 17.4 Å². The van der Waals surface area contributed by atoms with Gasteiger partial charge < -0.3 is 9.64 Å². The van der Waals surface area contributed by atoms with Crippen LogP contribution in [0.1, 0.15) is 0 Å². The molecule has 1 heterocycles. The molecule has 0 aromatic heterocycles. The van der Waals surface area contributed by atoms with Gasteiger partial charge in [0.1, 0.15) is 5.75 Å². The highest BCUT2D eigenvalue weighted by Gasteiger charge is 2.16. The summed E-state index contributed by atoms with van der Waals surface area (Å²) in [4.78, 5) is 14.4. The molecule has 2 aromatic carbocycles. The molecule has 1 N–H and O–H groups in total. The van der Waals surface area contributed by atoms with Crippen molar-refractivity contribution < 1.29 is 9.53 Å². The lowest BCUT2D eigenvalue weighted by Crippen LogP contribution is -2.53. The van der Waals surface area contributed by atoms with Crippen LogP contribution in [-0.2, 0) is 4.79 Å². The number of ether oxygens (including phenoxy) is 1. The van der Waals surface area contributed by atoms with Gasteiger partial charge in [-0.05, 0) is 18.7 Å². The number of nitrogens with zero attached hydrogens (tertiary/aromatic N) is 2. The van der Waals surface area contributed by atoms with Crippen molar-refractivity contribution in [2.75, 3.05) is 39.8 Å². The number of amides is 1. The molecule has 1 saturated heterocycles. The third kappa shape index (κ3) is 4.34. The molecule has 24 heavy (non-hydrogen) atoms. The number of benzene rings is 2. The van der Waals surface area contributed by atoms with Crippen LogP contribution in [0.5, 0.6) is 5.75 Å². The van der Waals surface area contributed by atoms with E-state index in [1.807, 2.05) is 59.6 Å². The molecule has 1 amide bonds. The van der Waals surface area contributed by atoms with Crippen molar-refractivity contribution in [1.29, 1.82) is 0 Å². The minimum Gasteiger partial charge on any atom is -0.483 e. The lowest BCUT2D eigenvalue weighted by Gasteiger charge is -2.32. The van der Waals surface area contributed by atoms with Gasteiger partial charge in [-0.2, -0.15) is 0 Å². The molecule has 0 atom stereocenters. The van der Waals surface area contributed by atoms with E-state index in [0.717, 1.165) is 43.1 Å². The number of hydrogen-bond acceptors (Lipinski definition) is 4. The SMILES string of the molecule is CN1CCN(NC(=O)COc2ccccc2-c2ccccc2)CC1. The van der Waals surface area contributed by atoms with Gasteiger partial charge in [0.05, 0.1) is 0 Å². The van der Waals surface area contributed by atoms with E-state index in [9.17, 15) is 4.79 Å². The third-order valence-electron chi connectivity index (χ3n) is 4.12. The van der Waals surface area contributed by atoms with Crippen LogP contribution in [0.25, 0.3) is 11.1 Å². The minimum absolute atomic E-state index is 0.0101. The molecule has 0 bridgehead atoms. The molecule has 0 unspecified atom stereocenters. The maximum atomic E-state index is 12.1. The standard InChI is InChI=1S/C19H23N3O2/c1-21-11-13-22(14-12-21)20-19(23)15-24-18-10-6-5-9-17(18)16-7-3-2-4-8-16/h2-10H,11-15H2,1H3,(H,20,23). The van der Waals surface area contributed by atoms with Gasteiger partial charge in [0.15, 0.2) is 6.61 Å². The van der Waals surface area contributed by atoms with Gasteiger partial charge in [0.2, 0.25) is 0 Å². The number of nitrogens with one attached hydrogen (secondary N) is 1. The van der Waals surface area contributed by atoms with Gasteiger partial charge in [-0.15, -0.1) is 0 Å². The minimum atomic E-state index is -0.123. The Bertz CT molecular complexity index is 667. The van der Waals surface area contributed by atoms with Crippen molar-refractivity contribution in [3.8, 4) is 16.9 Å². The molecule has 0 aliphatic carbocycles. The number of rotatable bonds is 5. The van der Waals surface area contributed by atoms with Crippen LogP contribution in [0.2, 0.25) is 0 Å². The van der Waals surface area contributed by atoms with Gasteiger partial charge in [0.25, 0.3) is 5.91 Å². The van der Waals surface area contributed by atoms with Crippen LogP contribution in [0.3, 0.4) is 0 Å². The predicted octanol–water partition coefficient (Wildman–Crippen LogP) is 2.01. The van der Waals surface area contributed by atoms with Crippen molar-refractivity contribution in [3.63, 3.8) is 0 Å². The number of carbonyl (C=O) groups excluding carboxylic acids is 1. The first-order chi connectivity index (χ1) is 11.7. The van der Waals surface area contributed by atoms with Crippen molar-refractivity contribution in [2.24, 2.45) is 0 Å². The van der Waals surface area contributed by atoms with Crippen LogP contribution in [-0.4, -0.2) is 55.6 Å². The second-order valence-corrected chi connectivity index (χ2v) is 5.98. The highest BCUT2D eigenvalue weighted by molar-refractivity contribution is 5.78. The summed E-state index contributed by atoms with van der Waals surface area (Å²) in [7, 11) is 2.09. The smallest absolute Gasteiger partial charge is 0.272 e. The average Bonchev–Trinajstić information content (AvgIpc) is 2.63. The topological polar surface area (TPSA) is 44.8 Å². The van der Waals surface area contributed by atoms with E-state index in [1.54, 1.807) is 0 Å². The summed E-state index contributed by atoms with van der Waals surface area (Å²) in [6, 6.07) is 17.8. The Balaban J connectivity index is 1.58. The van der Waals surface area contributed by atoms with E-state index in [-0.39, 0.29) is 12.5 Å². The molecule has 126 valence electrons. The zero-order chi connectivity index (χ0) is 16.8. The molecular formula is C19H23N3O2. The summed E-state index contributed by atoms with van der Waals surface area (Å²) in [5, 5.41) is 1.95. The highest BCUT2D eigenvalue weighted by Crippen LogP contribution is 2.29. The number of carbonyl (C=O) groups is 1. The fourth-order valence-corrected chi connectivity index (χ4v) is 2.72. The summed E-state index contributed by atoms with van der Waals surface area (Å²) >= 11 is 0. The predicted molar refractivity (Wildman–Crippen MR) is 94.6 cm³/mol. The van der Waals surface area contributed by atoms with Gasteiger partial charge in [-0.1, -0.05) is 48.5 Å². The van der Waals surface area contributed by atoms with Crippen LogP contribution < -0.4 is 10.2 Å². The number of likely N-dealkylation sites (N-methyl/N-ethyl adjacent to an activating group) is 1. The Morgan fingerprint density at radius 1 is 1.00 bits per heavy atom. The summed E-state index contributed by atoms with van der Waals surface area (Å²) in [5.41, 5.74) is 4.98. The molecule has 0 spiro atoms. The summed E-state index contributed by atoms with van der Waals surface area (Å²) in [6.45, 7) is 3.60. The lowest BCUT2D eigenvalue weighted by atomic mass is 10.1. The zero-order valence-corrected chi connectivity index (χ0v) is 13.9. The van der Waals surface area contributed by atoms with Crippen LogP contribution >= 0.6 is 0 Å². The second-order valence-electron chi connectivity index (χ2n) is 5.98. The molecule has 3 rings (SSSR count). The first-order valence-electron chi connectivity index (χ1n) is 8.22. The fraction of sp³-hybridized carbons (Fsp3) is 0.316. The number of para-hydroxylation sites is 1. The van der Waals surface area contributed by atoms with Crippen molar-refractivity contribution in [3.05, 3.63) is 54.6 Å². The Morgan fingerprint density at radius 2 is 1.67 bits per heavy atom. The van der Waals surface area contributed by atoms with E-state index in [1.165, 1.54) is 0 Å². The molecular weight excluding hydrogens is 302 g/mol. The number of hydrazine groups is 1. The molecule has 0 radical (unpaired) electrons. The van der Waals surface area contributed by atoms with Crippen molar-refractivity contribution in [1.82, 2.24) is 15.3 Å². The molecule has 1 aliphatic rings. The maximum Gasteiger partial charge on any atom is 0.272 e. The van der Waals surface area contributed by atoms with Gasteiger partial charge in [-0.3, -0.25) is 10.2 Å². The average molecular weight is 325 g/mol. The van der Waals surface area contributed by atoms with E-state index in [0.29, 0.717) is 0 Å². The Labute approximate surface area is 142 Å². The first kappa shape index (κ1) is 16.5. The number of hydrogen-bond donors (Lipinski definition) is 1. The van der Waals surface area contributed by atoms with Gasteiger partial charge in [-0.25, -0.2) is 5.01 Å². The highest BCUT2D eigenvalue weighted by atomic mass is 16.5. The fourth-order valence-electron chi connectivity index (χ4n) is 2.72. The molecule has 1 aliphatic heterocycles. The zero-order valence-electron chi connectivity index (χ0n) is 13.9. The van der Waals surface area contributed by atoms with Crippen molar-refractivity contribution in [2.45, 2.75) is 0 Å². The lowest BCUT2D eigenvalue weighted by molar-refractivity contribution is -0.128. The van der Waals surface area contributed by atoms with E-state index < -0.39 is 0 Å². The van der Waals surface area contributed by atoms with Gasteiger partial charge in [0, 0.05) is 31.7 Å². The summed E-state index contributed by atoms with van der Waals surface area (Å²) < 4.78 is 5.77.